The summed E-state index contributed by atoms with van der Waals surface area (Å²) in [6, 6.07) is 9.87. The maximum absolute atomic E-state index is 13.4. The summed E-state index contributed by atoms with van der Waals surface area (Å²) in [5, 5.41) is 14.0. The van der Waals surface area contributed by atoms with Crippen molar-refractivity contribution in [3.05, 3.63) is 76.5 Å². The Morgan fingerprint density at radius 2 is 1.84 bits per heavy atom. The number of carbonyl (C=O) groups excluding carboxylic acids is 3. The van der Waals surface area contributed by atoms with Crippen molar-refractivity contribution in [3.8, 4) is 0 Å². The lowest BCUT2D eigenvalue weighted by Gasteiger charge is -2.28. The van der Waals surface area contributed by atoms with Gasteiger partial charge >= 0.3 is 0 Å². The van der Waals surface area contributed by atoms with Gasteiger partial charge in [0.25, 0.3) is 5.69 Å². The topological polar surface area (TPSA) is 123 Å². The lowest BCUT2D eigenvalue weighted by molar-refractivity contribution is -0.385. The number of rotatable bonds is 6. The second-order valence-electron chi connectivity index (χ2n) is 8.38. The molecule has 3 amide bonds. The summed E-state index contributed by atoms with van der Waals surface area (Å²) < 4.78 is 0. The maximum Gasteiger partial charge on any atom is 0.269 e. The van der Waals surface area contributed by atoms with E-state index in [9.17, 15) is 24.5 Å². The molecular formula is C23H20N4O5. The van der Waals surface area contributed by atoms with Crippen LogP contribution in [-0.4, -0.2) is 32.5 Å². The van der Waals surface area contributed by atoms with Crippen LogP contribution in [0, 0.1) is 33.8 Å². The first-order chi connectivity index (χ1) is 15.4. The minimum atomic E-state index is -0.941. The Balaban J connectivity index is 1.48. The number of nitrogens with one attached hydrogen (secondary N) is 1. The third-order valence-corrected chi connectivity index (χ3v) is 6.59. The van der Waals surface area contributed by atoms with Crippen molar-refractivity contribution in [2.45, 2.75) is 18.9 Å². The molecule has 1 aliphatic heterocycles. The maximum atomic E-state index is 13.4. The van der Waals surface area contributed by atoms with E-state index in [0.717, 1.165) is 6.42 Å². The number of benzene rings is 1. The molecule has 32 heavy (non-hydrogen) atoms. The second kappa shape index (κ2) is 7.67. The molecule has 1 N–H and O–H groups in total. The van der Waals surface area contributed by atoms with E-state index in [1.807, 2.05) is 12.2 Å². The number of nitro benzene ring substituents is 1. The summed E-state index contributed by atoms with van der Waals surface area (Å²) in [6.07, 6.45) is 6.10. The van der Waals surface area contributed by atoms with E-state index >= 15 is 0 Å². The van der Waals surface area contributed by atoms with Crippen LogP contribution in [0.3, 0.4) is 0 Å². The number of aromatic nitrogens is 1. The smallest absolute Gasteiger partial charge is 0.269 e. The monoisotopic (exact) mass is 432 g/mol. The Morgan fingerprint density at radius 1 is 1.12 bits per heavy atom. The average Bonchev–Trinajstić information content (AvgIpc) is 3.47. The number of carbonyl (C=O) groups is 3. The van der Waals surface area contributed by atoms with Crippen LogP contribution >= 0.6 is 0 Å². The zero-order chi connectivity index (χ0) is 22.4. The molecule has 2 bridgehead atoms. The van der Waals surface area contributed by atoms with E-state index in [0.29, 0.717) is 11.4 Å². The van der Waals surface area contributed by atoms with Gasteiger partial charge in [-0.15, -0.1) is 0 Å². The standard InChI is InChI=1S/C23H20N4O5/c28-19(25-18-6-1-2-9-24-18)12-17(13-4-3-5-16(11-13)27(31)32)26-22(29)20-14-7-8-15(10-14)21(20)23(26)30/h1-9,11,14-15,17,20-21H,10,12H2,(H,24,25,28). The molecular weight excluding hydrogens is 412 g/mol. The average molecular weight is 432 g/mol. The molecule has 9 nitrogen and oxygen atoms in total. The molecule has 5 unspecified atom stereocenters. The molecule has 5 atom stereocenters. The number of imide groups is 1. The molecule has 1 aromatic carbocycles. The van der Waals surface area contributed by atoms with Crippen LogP contribution in [0.4, 0.5) is 11.5 Å². The predicted octanol–water partition coefficient (Wildman–Crippen LogP) is 2.87. The fraction of sp³-hybridized carbons (Fsp3) is 0.304. The Morgan fingerprint density at radius 3 is 2.47 bits per heavy atom. The Bertz CT molecular complexity index is 1120. The lowest BCUT2D eigenvalue weighted by Crippen LogP contribution is -2.38. The predicted molar refractivity (Wildman–Crippen MR) is 113 cm³/mol. The first kappa shape index (κ1) is 20.0. The van der Waals surface area contributed by atoms with E-state index in [4.69, 9.17) is 0 Å². The summed E-state index contributed by atoms with van der Waals surface area (Å²) >= 11 is 0. The number of hydrogen-bond acceptors (Lipinski definition) is 6. The van der Waals surface area contributed by atoms with Gasteiger partial charge in [-0.05, 0) is 36.0 Å². The number of nitro groups is 1. The molecule has 1 saturated carbocycles. The van der Waals surface area contributed by atoms with E-state index in [1.54, 1.807) is 24.3 Å². The molecule has 3 aliphatic rings. The quantitative estimate of drug-likeness (QED) is 0.324. The van der Waals surface area contributed by atoms with Crippen LogP contribution in [0.5, 0.6) is 0 Å². The number of nitrogens with zero attached hydrogens (tertiary/aromatic N) is 3. The largest absolute Gasteiger partial charge is 0.311 e. The lowest BCUT2D eigenvalue weighted by atomic mass is 9.85. The van der Waals surface area contributed by atoms with Crippen LogP contribution in [0.25, 0.3) is 0 Å². The number of allylic oxidation sites excluding steroid dienone is 2. The van der Waals surface area contributed by atoms with Gasteiger partial charge in [0.15, 0.2) is 0 Å². The van der Waals surface area contributed by atoms with E-state index in [1.165, 1.54) is 29.3 Å². The molecule has 9 heteroatoms. The van der Waals surface area contributed by atoms with Crippen LogP contribution in [-0.2, 0) is 14.4 Å². The van der Waals surface area contributed by atoms with Gasteiger partial charge in [0.1, 0.15) is 5.82 Å². The number of likely N-dealkylation sites (tertiary alicyclic amines) is 1. The van der Waals surface area contributed by atoms with E-state index in [2.05, 4.69) is 10.3 Å². The van der Waals surface area contributed by atoms with Gasteiger partial charge in [0.05, 0.1) is 29.2 Å². The van der Waals surface area contributed by atoms with Crippen molar-refractivity contribution >= 4 is 29.2 Å². The summed E-state index contributed by atoms with van der Waals surface area (Å²) in [5.74, 6) is -1.50. The SMILES string of the molecule is O=C(CC(c1cccc([N+](=O)[O-])c1)N1C(=O)C2C3C=CC(C3)C2C1=O)Nc1ccccn1. The van der Waals surface area contributed by atoms with Gasteiger partial charge in [0.2, 0.25) is 17.7 Å². The molecule has 2 heterocycles. The zero-order valence-electron chi connectivity index (χ0n) is 17.0. The van der Waals surface area contributed by atoms with Gasteiger partial charge in [-0.25, -0.2) is 4.98 Å². The van der Waals surface area contributed by atoms with Crippen molar-refractivity contribution in [2.24, 2.45) is 23.7 Å². The van der Waals surface area contributed by atoms with Gasteiger partial charge in [-0.3, -0.25) is 29.4 Å². The van der Waals surface area contributed by atoms with Gasteiger partial charge in [0, 0.05) is 18.3 Å². The summed E-state index contributed by atoms with van der Waals surface area (Å²) in [4.78, 5) is 55.5. The highest BCUT2D eigenvalue weighted by atomic mass is 16.6. The number of anilines is 1. The van der Waals surface area contributed by atoms with Crippen molar-refractivity contribution < 1.29 is 19.3 Å². The fourth-order valence-electron chi connectivity index (χ4n) is 5.24. The van der Waals surface area contributed by atoms with Crippen LogP contribution in [0.1, 0.15) is 24.4 Å². The Hall–Kier alpha value is -3.88. The molecule has 0 radical (unpaired) electrons. The minimum Gasteiger partial charge on any atom is -0.311 e. The van der Waals surface area contributed by atoms with Crippen molar-refractivity contribution in [3.63, 3.8) is 0 Å². The number of fused-ring (bicyclic) bond motifs is 5. The fourth-order valence-corrected chi connectivity index (χ4v) is 5.24. The number of non-ortho nitro benzene ring substituents is 1. The van der Waals surface area contributed by atoms with E-state index < -0.39 is 28.7 Å². The molecule has 2 aliphatic carbocycles. The molecule has 162 valence electrons. The highest BCUT2D eigenvalue weighted by Gasteiger charge is 2.60. The summed E-state index contributed by atoms with van der Waals surface area (Å²) in [6.45, 7) is 0. The molecule has 1 aromatic heterocycles. The molecule has 2 fully saturated rings. The molecule has 2 aromatic rings. The van der Waals surface area contributed by atoms with Gasteiger partial charge in [-0.2, -0.15) is 0 Å². The molecule has 5 rings (SSSR count). The van der Waals surface area contributed by atoms with Crippen molar-refractivity contribution in [2.75, 3.05) is 5.32 Å². The Kier molecular flexibility index (Phi) is 4.80. The number of hydrogen-bond donors (Lipinski definition) is 1. The summed E-state index contributed by atoms with van der Waals surface area (Å²) in [5.41, 5.74) is 0.205. The van der Waals surface area contributed by atoms with Crippen LogP contribution in [0.2, 0.25) is 0 Å². The van der Waals surface area contributed by atoms with Crippen molar-refractivity contribution in [1.29, 1.82) is 0 Å². The van der Waals surface area contributed by atoms with Crippen LogP contribution in [0.15, 0.2) is 60.8 Å². The molecule has 0 spiro atoms. The van der Waals surface area contributed by atoms with Crippen LogP contribution < -0.4 is 5.32 Å². The first-order valence-corrected chi connectivity index (χ1v) is 10.4. The highest BCUT2D eigenvalue weighted by molar-refractivity contribution is 6.07. The number of pyridine rings is 1. The second-order valence-corrected chi connectivity index (χ2v) is 8.38. The third kappa shape index (κ3) is 3.26. The van der Waals surface area contributed by atoms with Gasteiger partial charge < -0.3 is 5.32 Å². The van der Waals surface area contributed by atoms with Gasteiger partial charge in [-0.1, -0.05) is 30.4 Å². The molecule has 1 saturated heterocycles. The third-order valence-electron chi connectivity index (χ3n) is 6.59. The van der Waals surface area contributed by atoms with Crippen molar-refractivity contribution in [1.82, 2.24) is 9.88 Å². The first-order valence-electron chi connectivity index (χ1n) is 10.4. The summed E-state index contributed by atoms with van der Waals surface area (Å²) in [7, 11) is 0. The minimum absolute atomic E-state index is 0.0274. The van der Waals surface area contributed by atoms with E-state index in [-0.39, 0.29) is 35.8 Å². The zero-order valence-corrected chi connectivity index (χ0v) is 17.0. The number of amides is 3. The highest BCUT2D eigenvalue weighted by Crippen LogP contribution is 2.54. The Labute approximate surface area is 183 Å². The normalized spacial score (nSPS) is 26.3.